The van der Waals surface area contributed by atoms with Crippen LogP contribution in [0.4, 0.5) is 0 Å². The van der Waals surface area contributed by atoms with Gasteiger partial charge in [-0.05, 0) is 34.0 Å². The van der Waals surface area contributed by atoms with Gasteiger partial charge in [-0.3, -0.25) is 4.90 Å². The molecule has 0 aromatic heterocycles. The van der Waals surface area contributed by atoms with Crippen LogP contribution in [0.3, 0.4) is 0 Å². The van der Waals surface area contributed by atoms with E-state index in [1.807, 2.05) is 19.2 Å². The summed E-state index contributed by atoms with van der Waals surface area (Å²) in [5.74, 6) is 1.01. The smallest absolute Gasteiger partial charge is 0.124 e. The van der Waals surface area contributed by atoms with Gasteiger partial charge in [0.25, 0.3) is 0 Å². The molecule has 1 N–H and O–H groups in total. The summed E-state index contributed by atoms with van der Waals surface area (Å²) in [6.07, 6.45) is 0. The molecule has 0 radical (unpaired) electrons. The highest BCUT2D eigenvalue weighted by Crippen LogP contribution is 2.33. The molecule has 0 saturated heterocycles. The second kappa shape index (κ2) is 5.07. The standard InChI is InChI=1S/C14H22N2O/c1-10(2)16(4)12-9-17-13-8-6-5-7-11(13)14(12)15-3/h5-8,10,12,14-15H,9H2,1-4H3. The van der Waals surface area contributed by atoms with Gasteiger partial charge in [-0.25, -0.2) is 0 Å². The van der Waals surface area contributed by atoms with Crippen molar-refractivity contribution in [1.29, 1.82) is 0 Å². The van der Waals surface area contributed by atoms with Gasteiger partial charge >= 0.3 is 0 Å². The Morgan fingerprint density at radius 3 is 2.71 bits per heavy atom. The topological polar surface area (TPSA) is 24.5 Å². The molecule has 1 aliphatic heterocycles. The first kappa shape index (κ1) is 12.4. The molecule has 1 heterocycles. The van der Waals surface area contributed by atoms with E-state index in [0.29, 0.717) is 18.1 Å². The quantitative estimate of drug-likeness (QED) is 0.866. The molecule has 0 fully saturated rings. The van der Waals surface area contributed by atoms with Gasteiger partial charge in [0, 0.05) is 11.6 Å². The number of hydrogen-bond donors (Lipinski definition) is 1. The Hall–Kier alpha value is -1.06. The summed E-state index contributed by atoms with van der Waals surface area (Å²) >= 11 is 0. The van der Waals surface area contributed by atoms with E-state index >= 15 is 0 Å². The van der Waals surface area contributed by atoms with E-state index in [1.54, 1.807) is 0 Å². The van der Waals surface area contributed by atoms with Gasteiger partial charge in [0.15, 0.2) is 0 Å². The van der Waals surface area contributed by atoms with E-state index in [-0.39, 0.29) is 0 Å². The molecule has 0 spiro atoms. The second-order valence-electron chi connectivity index (χ2n) is 4.94. The summed E-state index contributed by atoms with van der Waals surface area (Å²) < 4.78 is 5.86. The molecule has 0 aliphatic carbocycles. The van der Waals surface area contributed by atoms with Crippen LogP contribution in [0.25, 0.3) is 0 Å². The zero-order chi connectivity index (χ0) is 12.4. The van der Waals surface area contributed by atoms with E-state index in [1.165, 1.54) is 5.56 Å². The van der Waals surface area contributed by atoms with Gasteiger partial charge in [-0.2, -0.15) is 0 Å². The van der Waals surface area contributed by atoms with Crippen LogP contribution < -0.4 is 10.1 Å². The molecule has 94 valence electrons. The number of nitrogens with zero attached hydrogens (tertiary/aromatic N) is 1. The van der Waals surface area contributed by atoms with Crippen LogP contribution in [0.1, 0.15) is 25.5 Å². The first-order valence-corrected chi connectivity index (χ1v) is 6.26. The zero-order valence-corrected chi connectivity index (χ0v) is 11.1. The molecule has 0 saturated carbocycles. The fourth-order valence-electron chi connectivity index (χ4n) is 2.43. The van der Waals surface area contributed by atoms with Crippen molar-refractivity contribution in [2.45, 2.75) is 32.0 Å². The average molecular weight is 234 g/mol. The summed E-state index contributed by atoms with van der Waals surface area (Å²) in [6, 6.07) is 9.54. The first-order valence-electron chi connectivity index (χ1n) is 6.26. The number of ether oxygens (including phenoxy) is 1. The van der Waals surface area contributed by atoms with Crippen LogP contribution in [0.5, 0.6) is 5.75 Å². The van der Waals surface area contributed by atoms with Gasteiger partial charge in [0.1, 0.15) is 12.4 Å². The maximum Gasteiger partial charge on any atom is 0.124 e. The molecule has 3 heteroatoms. The monoisotopic (exact) mass is 234 g/mol. The van der Waals surface area contributed by atoms with E-state index in [4.69, 9.17) is 4.74 Å². The SMILES string of the molecule is CNC1c2ccccc2OCC1N(C)C(C)C. The Labute approximate surface area is 104 Å². The van der Waals surface area contributed by atoms with E-state index < -0.39 is 0 Å². The Balaban J connectivity index is 2.29. The van der Waals surface area contributed by atoms with E-state index in [2.05, 4.69) is 43.2 Å². The molecule has 2 unspecified atom stereocenters. The van der Waals surface area contributed by atoms with Crippen molar-refractivity contribution >= 4 is 0 Å². The summed E-state index contributed by atoms with van der Waals surface area (Å²) in [5.41, 5.74) is 1.26. The fourth-order valence-corrected chi connectivity index (χ4v) is 2.43. The number of benzene rings is 1. The maximum absolute atomic E-state index is 5.86. The van der Waals surface area contributed by atoms with Gasteiger partial charge < -0.3 is 10.1 Å². The van der Waals surface area contributed by atoms with Crippen LogP contribution in [0.15, 0.2) is 24.3 Å². The number of nitrogens with one attached hydrogen (secondary N) is 1. The molecule has 1 aliphatic rings. The molecule has 17 heavy (non-hydrogen) atoms. The van der Waals surface area contributed by atoms with Gasteiger partial charge in [-0.15, -0.1) is 0 Å². The minimum Gasteiger partial charge on any atom is -0.492 e. The lowest BCUT2D eigenvalue weighted by atomic mass is 9.95. The summed E-state index contributed by atoms with van der Waals surface area (Å²) in [7, 11) is 4.19. The maximum atomic E-state index is 5.86. The van der Waals surface area contributed by atoms with Crippen molar-refractivity contribution in [3.05, 3.63) is 29.8 Å². The predicted octanol–water partition coefficient (Wildman–Crippen LogP) is 2.05. The zero-order valence-electron chi connectivity index (χ0n) is 11.1. The number of rotatable bonds is 3. The lowest BCUT2D eigenvalue weighted by Gasteiger charge is -2.40. The molecular formula is C14H22N2O. The van der Waals surface area contributed by atoms with Crippen LogP contribution in [0.2, 0.25) is 0 Å². The van der Waals surface area contributed by atoms with Crippen LogP contribution in [0, 0.1) is 0 Å². The van der Waals surface area contributed by atoms with Crippen molar-refractivity contribution in [1.82, 2.24) is 10.2 Å². The fraction of sp³-hybridized carbons (Fsp3) is 0.571. The average Bonchev–Trinajstić information content (AvgIpc) is 2.36. The van der Waals surface area contributed by atoms with Crippen molar-refractivity contribution in [3.8, 4) is 5.75 Å². The number of fused-ring (bicyclic) bond motifs is 1. The molecule has 1 aromatic carbocycles. The van der Waals surface area contributed by atoms with Crippen molar-refractivity contribution in [2.75, 3.05) is 20.7 Å². The summed E-state index contributed by atoms with van der Waals surface area (Å²) in [5, 5.41) is 3.42. The van der Waals surface area contributed by atoms with Crippen LogP contribution >= 0.6 is 0 Å². The highest BCUT2D eigenvalue weighted by atomic mass is 16.5. The number of para-hydroxylation sites is 1. The third-order valence-electron chi connectivity index (χ3n) is 3.70. The van der Waals surface area contributed by atoms with Gasteiger partial charge in [0.2, 0.25) is 0 Å². The van der Waals surface area contributed by atoms with E-state index in [9.17, 15) is 0 Å². The highest BCUT2D eigenvalue weighted by molar-refractivity contribution is 5.38. The third-order valence-corrected chi connectivity index (χ3v) is 3.70. The number of likely N-dealkylation sites (N-methyl/N-ethyl adjacent to an activating group) is 2. The molecule has 2 atom stereocenters. The summed E-state index contributed by atoms with van der Waals surface area (Å²) in [4.78, 5) is 2.37. The van der Waals surface area contributed by atoms with E-state index in [0.717, 1.165) is 12.4 Å². The number of hydrogen-bond acceptors (Lipinski definition) is 3. The van der Waals surface area contributed by atoms with Crippen molar-refractivity contribution < 1.29 is 4.74 Å². The highest BCUT2D eigenvalue weighted by Gasteiger charge is 2.33. The molecule has 0 amide bonds. The van der Waals surface area contributed by atoms with Crippen LogP contribution in [-0.2, 0) is 0 Å². The Kier molecular flexibility index (Phi) is 3.69. The largest absolute Gasteiger partial charge is 0.492 e. The predicted molar refractivity (Wildman–Crippen MR) is 70.4 cm³/mol. The minimum atomic E-state index is 0.340. The second-order valence-corrected chi connectivity index (χ2v) is 4.94. The molecule has 0 bridgehead atoms. The molecular weight excluding hydrogens is 212 g/mol. The normalized spacial score (nSPS) is 23.6. The van der Waals surface area contributed by atoms with Crippen molar-refractivity contribution in [3.63, 3.8) is 0 Å². The first-order chi connectivity index (χ1) is 8.15. The molecule has 1 aromatic rings. The Morgan fingerprint density at radius 1 is 1.35 bits per heavy atom. The Bertz CT molecular complexity index is 378. The Morgan fingerprint density at radius 2 is 2.06 bits per heavy atom. The molecule has 2 rings (SSSR count). The molecule has 3 nitrogen and oxygen atoms in total. The minimum absolute atomic E-state index is 0.340. The lowest BCUT2D eigenvalue weighted by Crippen LogP contribution is -2.50. The van der Waals surface area contributed by atoms with Crippen molar-refractivity contribution in [2.24, 2.45) is 0 Å². The lowest BCUT2D eigenvalue weighted by molar-refractivity contribution is 0.0871. The van der Waals surface area contributed by atoms with Crippen LogP contribution in [-0.4, -0.2) is 37.7 Å². The third kappa shape index (κ3) is 2.31. The summed E-state index contributed by atoms with van der Waals surface area (Å²) in [6.45, 7) is 5.18. The van der Waals surface area contributed by atoms with Gasteiger partial charge in [-0.1, -0.05) is 18.2 Å². The van der Waals surface area contributed by atoms with Gasteiger partial charge in [0.05, 0.1) is 12.1 Å².